The van der Waals surface area contributed by atoms with Gasteiger partial charge >= 0.3 is 6.03 Å². The summed E-state index contributed by atoms with van der Waals surface area (Å²) in [4.78, 5) is 17.0. The maximum Gasteiger partial charge on any atom is 0.322 e. The fourth-order valence-corrected chi connectivity index (χ4v) is 3.61. The number of amides is 2. The highest BCUT2D eigenvalue weighted by molar-refractivity contribution is 5.91. The molecule has 1 heterocycles. The van der Waals surface area contributed by atoms with Crippen LogP contribution < -0.4 is 10.1 Å². The molecule has 1 saturated carbocycles. The lowest BCUT2D eigenvalue weighted by Gasteiger charge is -2.38. The molecule has 0 atom stereocenters. The summed E-state index contributed by atoms with van der Waals surface area (Å²) in [5.41, 5.74) is 0.748. The smallest absolute Gasteiger partial charge is 0.322 e. The molecule has 0 unspecified atom stereocenters. The Bertz CT molecular complexity index is 521. The first kappa shape index (κ1) is 16.1. The number of rotatable bonds is 4. The number of urea groups is 1. The summed E-state index contributed by atoms with van der Waals surface area (Å²) in [7, 11) is 0. The molecule has 5 nitrogen and oxygen atoms in total. The Morgan fingerprint density at radius 3 is 2.57 bits per heavy atom. The number of hydrogen-bond donors (Lipinski definition) is 1. The fourth-order valence-electron chi connectivity index (χ4n) is 3.61. The van der Waals surface area contributed by atoms with E-state index in [1.165, 1.54) is 25.7 Å². The van der Waals surface area contributed by atoms with Gasteiger partial charge in [-0.2, -0.15) is 0 Å². The second-order valence-electron chi connectivity index (χ2n) is 6.32. The predicted molar refractivity (Wildman–Crippen MR) is 92.0 cm³/mol. The minimum absolute atomic E-state index is 0.0248. The molecule has 0 bridgehead atoms. The van der Waals surface area contributed by atoms with Crippen LogP contribution >= 0.6 is 0 Å². The van der Waals surface area contributed by atoms with Gasteiger partial charge in [-0.15, -0.1) is 0 Å². The Balaban J connectivity index is 1.53. The van der Waals surface area contributed by atoms with E-state index in [9.17, 15) is 4.79 Å². The Hall–Kier alpha value is -1.75. The SMILES string of the molecule is CCOc1ccccc1NC(=O)N1CCN(C2CCCC2)CC1. The van der Waals surface area contributed by atoms with Crippen LogP contribution in [0, 0.1) is 0 Å². The zero-order valence-electron chi connectivity index (χ0n) is 14.0. The van der Waals surface area contributed by atoms with Crippen molar-refractivity contribution in [3.63, 3.8) is 0 Å². The van der Waals surface area contributed by atoms with Crippen molar-refractivity contribution in [2.45, 2.75) is 38.6 Å². The molecule has 3 rings (SSSR count). The first-order chi connectivity index (χ1) is 11.3. The Kier molecular flexibility index (Phi) is 5.39. The maximum absolute atomic E-state index is 12.5. The topological polar surface area (TPSA) is 44.8 Å². The van der Waals surface area contributed by atoms with E-state index in [1.54, 1.807) is 0 Å². The second-order valence-corrected chi connectivity index (χ2v) is 6.32. The molecule has 2 amide bonds. The summed E-state index contributed by atoms with van der Waals surface area (Å²) >= 11 is 0. The molecular formula is C18H27N3O2. The molecule has 0 radical (unpaired) electrons. The number of hydrogen-bond acceptors (Lipinski definition) is 3. The molecule has 1 aromatic carbocycles. The Morgan fingerprint density at radius 1 is 1.17 bits per heavy atom. The van der Waals surface area contributed by atoms with E-state index in [0.29, 0.717) is 6.61 Å². The summed E-state index contributed by atoms with van der Waals surface area (Å²) in [6, 6.07) is 8.33. The van der Waals surface area contributed by atoms with Gasteiger partial charge in [0.25, 0.3) is 0 Å². The molecule has 23 heavy (non-hydrogen) atoms. The summed E-state index contributed by atoms with van der Waals surface area (Å²) in [6.07, 6.45) is 5.38. The highest BCUT2D eigenvalue weighted by Gasteiger charge is 2.28. The van der Waals surface area contributed by atoms with Crippen molar-refractivity contribution in [3.8, 4) is 5.75 Å². The van der Waals surface area contributed by atoms with Gasteiger partial charge in [-0.05, 0) is 31.9 Å². The lowest BCUT2D eigenvalue weighted by Crippen LogP contribution is -2.52. The zero-order valence-corrected chi connectivity index (χ0v) is 14.0. The number of nitrogens with zero attached hydrogens (tertiary/aromatic N) is 2. The lowest BCUT2D eigenvalue weighted by atomic mass is 10.2. The third kappa shape index (κ3) is 3.96. The molecule has 2 aliphatic rings. The van der Waals surface area contributed by atoms with Gasteiger partial charge in [0.15, 0.2) is 0 Å². The quantitative estimate of drug-likeness (QED) is 0.927. The molecule has 0 spiro atoms. The van der Waals surface area contributed by atoms with Gasteiger partial charge < -0.3 is 15.0 Å². The molecule has 1 aliphatic heterocycles. The van der Waals surface area contributed by atoms with Gasteiger partial charge in [-0.1, -0.05) is 25.0 Å². The van der Waals surface area contributed by atoms with E-state index in [2.05, 4.69) is 10.2 Å². The molecule has 0 aromatic heterocycles. The highest BCUT2D eigenvalue weighted by atomic mass is 16.5. The van der Waals surface area contributed by atoms with Crippen LogP contribution in [-0.2, 0) is 0 Å². The van der Waals surface area contributed by atoms with Crippen LogP contribution in [0.3, 0.4) is 0 Å². The molecule has 1 N–H and O–H groups in total. The van der Waals surface area contributed by atoms with Gasteiger partial charge in [0.2, 0.25) is 0 Å². The van der Waals surface area contributed by atoms with Crippen molar-refractivity contribution in [3.05, 3.63) is 24.3 Å². The van der Waals surface area contributed by atoms with Crippen molar-refractivity contribution < 1.29 is 9.53 Å². The number of anilines is 1. The van der Waals surface area contributed by atoms with E-state index >= 15 is 0 Å². The second kappa shape index (κ2) is 7.68. The van der Waals surface area contributed by atoms with Crippen molar-refractivity contribution in [2.75, 3.05) is 38.1 Å². The first-order valence-corrected chi connectivity index (χ1v) is 8.79. The number of ether oxygens (including phenoxy) is 1. The van der Waals surface area contributed by atoms with Crippen molar-refractivity contribution >= 4 is 11.7 Å². The first-order valence-electron chi connectivity index (χ1n) is 8.79. The van der Waals surface area contributed by atoms with Crippen LogP contribution in [0.1, 0.15) is 32.6 Å². The summed E-state index contributed by atoms with van der Waals surface area (Å²) in [5.74, 6) is 0.730. The van der Waals surface area contributed by atoms with Gasteiger partial charge in [0, 0.05) is 32.2 Å². The molecule has 126 valence electrons. The van der Waals surface area contributed by atoms with Crippen molar-refractivity contribution in [1.29, 1.82) is 0 Å². The molecule has 5 heteroatoms. The van der Waals surface area contributed by atoms with E-state index in [-0.39, 0.29) is 6.03 Å². The number of carbonyl (C=O) groups is 1. The van der Waals surface area contributed by atoms with Crippen LogP contribution in [0.5, 0.6) is 5.75 Å². The normalized spacial score (nSPS) is 19.8. The molecule has 1 saturated heterocycles. The summed E-state index contributed by atoms with van der Waals surface area (Å²) in [5, 5.41) is 2.99. The minimum atomic E-state index is -0.0248. The van der Waals surface area contributed by atoms with Crippen LogP contribution in [0.4, 0.5) is 10.5 Å². The average molecular weight is 317 g/mol. The third-order valence-electron chi connectivity index (χ3n) is 4.87. The summed E-state index contributed by atoms with van der Waals surface area (Å²) in [6.45, 7) is 6.13. The van der Waals surface area contributed by atoms with Crippen LogP contribution in [0.2, 0.25) is 0 Å². The number of nitrogens with one attached hydrogen (secondary N) is 1. The zero-order chi connectivity index (χ0) is 16.1. The molecule has 1 aliphatic carbocycles. The standard InChI is InChI=1S/C18H27N3O2/c1-2-23-17-10-6-5-9-16(17)19-18(22)21-13-11-20(12-14-21)15-7-3-4-8-15/h5-6,9-10,15H,2-4,7-8,11-14H2,1H3,(H,19,22). The van der Waals surface area contributed by atoms with E-state index in [0.717, 1.165) is 43.7 Å². The van der Waals surface area contributed by atoms with E-state index in [1.807, 2.05) is 36.1 Å². The lowest BCUT2D eigenvalue weighted by molar-refractivity contribution is 0.115. The number of carbonyl (C=O) groups excluding carboxylic acids is 1. The maximum atomic E-state index is 12.5. The summed E-state index contributed by atoms with van der Waals surface area (Å²) < 4.78 is 5.57. The van der Waals surface area contributed by atoms with Crippen LogP contribution in [0.15, 0.2) is 24.3 Å². The molecule has 2 fully saturated rings. The van der Waals surface area contributed by atoms with Gasteiger partial charge in [0.05, 0.1) is 12.3 Å². The fraction of sp³-hybridized carbons (Fsp3) is 0.611. The van der Waals surface area contributed by atoms with E-state index in [4.69, 9.17) is 4.74 Å². The molecule has 1 aromatic rings. The predicted octanol–water partition coefficient (Wildman–Crippen LogP) is 3.18. The number of benzene rings is 1. The Morgan fingerprint density at radius 2 is 1.87 bits per heavy atom. The van der Waals surface area contributed by atoms with Gasteiger partial charge in [0.1, 0.15) is 5.75 Å². The van der Waals surface area contributed by atoms with Crippen LogP contribution in [0.25, 0.3) is 0 Å². The van der Waals surface area contributed by atoms with Crippen LogP contribution in [-0.4, -0.2) is 54.7 Å². The monoisotopic (exact) mass is 317 g/mol. The number of piperazine rings is 1. The largest absolute Gasteiger partial charge is 0.492 e. The van der Waals surface area contributed by atoms with Gasteiger partial charge in [-0.3, -0.25) is 4.90 Å². The highest BCUT2D eigenvalue weighted by Crippen LogP contribution is 2.26. The minimum Gasteiger partial charge on any atom is -0.492 e. The average Bonchev–Trinajstić information content (AvgIpc) is 3.11. The van der Waals surface area contributed by atoms with Gasteiger partial charge in [-0.25, -0.2) is 4.79 Å². The van der Waals surface area contributed by atoms with Crippen molar-refractivity contribution in [2.24, 2.45) is 0 Å². The van der Waals surface area contributed by atoms with E-state index < -0.39 is 0 Å². The Labute approximate surface area is 138 Å². The number of para-hydroxylation sites is 2. The third-order valence-corrected chi connectivity index (χ3v) is 4.87. The van der Waals surface area contributed by atoms with Crippen molar-refractivity contribution in [1.82, 2.24) is 9.80 Å². The molecular weight excluding hydrogens is 290 g/mol.